The van der Waals surface area contributed by atoms with E-state index in [1.165, 1.54) is 7.11 Å². The second kappa shape index (κ2) is 11.1. The maximum Gasteiger partial charge on any atom is 0.406 e. The number of alkyl carbamates (subject to hydrolysis) is 1. The second-order valence-electron chi connectivity index (χ2n) is 9.45. The van der Waals surface area contributed by atoms with Crippen LogP contribution >= 0.6 is 0 Å². The average Bonchev–Trinajstić information content (AvgIpc) is 3.64. The van der Waals surface area contributed by atoms with Crippen LogP contribution in [-0.2, 0) is 23.8 Å². The van der Waals surface area contributed by atoms with Crippen molar-refractivity contribution in [3.05, 3.63) is 22.4 Å². The van der Waals surface area contributed by atoms with Gasteiger partial charge < -0.3 is 24.4 Å². The minimum absolute atomic E-state index is 0.0757. The summed E-state index contributed by atoms with van der Waals surface area (Å²) in [6, 6.07) is 3.15. The highest BCUT2D eigenvalue weighted by atomic mass is 16.5. The van der Waals surface area contributed by atoms with Crippen molar-refractivity contribution in [3.63, 3.8) is 0 Å². The molecular formula is C26H36N2O6. The third-order valence-electron chi connectivity index (χ3n) is 6.79. The number of hydrogen-bond acceptors (Lipinski definition) is 7. The van der Waals surface area contributed by atoms with E-state index in [9.17, 15) is 14.4 Å². The first-order chi connectivity index (χ1) is 16.2. The Morgan fingerprint density at radius 3 is 2.59 bits per heavy atom. The molecule has 186 valence electrons. The lowest BCUT2D eigenvalue weighted by Crippen LogP contribution is -2.35. The van der Waals surface area contributed by atoms with Crippen molar-refractivity contribution in [2.24, 2.45) is 17.3 Å². The molecule has 2 unspecified atom stereocenters. The Balaban J connectivity index is 2.01. The smallest absolute Gasteiger partial charge is 0.406 e. The van der Waals surface area contributed by atoms with Crippen molar-refractivity contribution >= 4 is 17.8 Å². The van der Waals surface area contributed by atoms with Crippen molar-refractivity contribution < 1.29 is 28.6 Å². The minimum atomic E-state index is -0.545. The lowest BCUT2D eigenvalue weighted by Gasteiger charge is -2.38. The Morgan fingerprint density at radius 1 is 1.24 bits per heavy atom. The average molecular weight is 473 g/mol. The predicted octanol–water partition coefficient (Wildman–Crippen LogP) is 3.18. The van der Waals surface area contributed by atoms with E-state index in [0.717, 1.165) is 37.0 Å². The number of methoxy groups -OCH3 is 1. The maximum absolute atomic E-state index is 13.6. The lowest BCUT2D eigenvalue weighted by molar-refractivity contribution is -0.139. The fourth-order valence-corrected chi connectivity index (χ4v) is 4.55. The van der Waals surface area contributed by atoms with Crippen LogP contribution in [0.2, 0.25) is 0 Å². The monoisotopic (exact) mass is 472 g/mol. The Morgan fingerprint density at radius 2 is 1.97 bits per heavy atom. The molecule has 0 radical (unpaired) electrons. The lowest BCUT2D eigenvalue weighted by atomic mass is 9.69. The van der Waals surface area contributed by atoms with Crippen LogP contribution in [0.4, 0.5) is 4.79 Å². The van der Waals surface area contributed by atoms with Gasteiger partial charge in [-0.05, 0) is 49.5 Å². The molecule has 0 aromatic carbocycles. The molecule has 3 rings (SSSR count). The summed E-state index contributed by atoms with van der Waals surface area (Å²) in [7, 11) is 3.18. The summed E-state index contributed by atoms with van der Waals surface area (Å²) in [6.45, 7) is 6.90. The van der Waals surface area contributed by atoms with E-state index in [1.807, 2.05) is 11.9 Å². The van der Waals surface area contributed by atoms with Gasteiger partial charge in [-0.1, -0.05) is 19.8 Å². The second-order valence-corrected chi connectivity index (χ2v) is 9.45. The van der Waals surface area contributed by atoms with E-state index >= 15 is 0 Å². The molecule has 8 heteroatoms. The van der Waals surface area contributed by atoms with E-state index < -0.39 is 18.0 Å². The van der Waals surface area contributed by atoms with Crippen LogP contribution in [-0.4, -0.2) is 63.3 Å². The zero-order valence-corrected chi connectivity index (χ0v) is 20.9. The van der Waals surface area contributed by atoms with Crippen molar-refractivity contribution in [2.75, 3.05) is 40.5 Å². The van der Waals surface area contributed by atoms with Crippen LogP contribution in [0.3, 0.4) is 0 Å². The summed E-state index contributed by atoms with van der Waals surface area (Å²) in [5, 5.41) is 2.56. The van der Waals surface area contributed by atoms with Gasteiger partial charge in [0.25, 0.3) is 0 Å². The van der Waals surface area contributed by atoms with Crippen molar-refractivity contribution in [1.82, 2.24) is 10.2 Å². The molecule has 1 heterocycles. The molecule has 1 N–H and O–H groups in total. The molecule has 0 spiro atoms. The molecule has 2 atom stereocenters. The molecule has 34 heavy (non-hydrogen) atoms. The number of esters is 1. The van der Waals surface area contributed by atoms with Gasteiger partial charge in [-0.15, -0.1) is 0 Å². The fourth-order valence-electron chi connectivity index (χ4n) is 4.55. The molecule has 3 aliphatic rings. The van der Waals surface area contributed by atoms with Gasteiger partial charge in [0.2, 0.25) is 0 Å². The molecule has 1 fully saturated rings. The molecule has 1 amide bonds. The molecule has 1 aliphatic heterocycles. The van der Waals surface area contributed by atoms with E-state index in [1.54, 1.807) is 6.92 Å². The number of amides is 1. The van der Waals surface area contributed by atoms with Gasteiger partial charge in [-0.25, -0.2) is 9.59 Å². The number of Topliss-reactive ketones (excluding diaryl/α,β-unsaturated/α-hetero) is 1. The Labute approximate surface area is 202 Å². The van der Waals surface area contributed by atoms with Gasteiger partial charge in [-0.2, -0.15) is 0 Å². The van der Waals surface area contributed by atoms with Gasteiger partial charge in [0, 0.05) is 37.3 Å². The summed E-state index contributed by atoms with van der Waals surface area (Å²) in [5.74, 6) is 2.46. The Bertz CT molecular complexity index is 952. The fraction of sp³-hybridized carbons (Fsp3) is 0.654. The summed E-state index contributed by atoms with van der Waals surface area (Å²) >= 11 is 0. The third-order valence-corrected chi connectivity index (χ3v) is 6.79. The number of carbonyl (C=O) groups is 3. The van der Waals surface area contributed by atoms with Crippen LogP contribution in [0.5, 0.6) is 0 Å². The van der Waals surface area contributed by atoms with Crippen LogP contribution in [0, 0.1) is 29.2 Å². The predicted molar refractivity (Wildman–Crippen MR) is 126 cm³/mol. The van der Waals surface area contributed by atoms with Crippen molar-refractivity contribution in [2.45, 2.75) is 52.9 Å². The summed E-state index contributed by atoms with van der Waals surface area (Å²) in [5.41, 5.74) is 2.69. The van der Waals surface area contributed by atoms with Gasteiger partial charge >= 0.3 is 12.1 Å². The minimum Gasteiger partial charge on any atom is -0.463 e. The van der Waals surface area contributed by atoms with Crippen LogP contribution in [0.25, 0.3) is 0 Å². The number of ketones is 1. The standard InChI is InChI=1S/C26H36N2O6/c1-6-26(3)14-19-23(20(29)15-26)21(17-8-9-17)22(24(30)34-7-2)18(10-12-28(19)4)16-33-13-11-27-25(31)32-5/h17-18H,6-9,11,13-16H2,1-5H3,(H,27,31)/b22-21+. The first-order valence-corrected chi connectivity index (χ1v) is 12.1. The van der Waals surface area contributed by atoms with Gasteiger partial charge in [-0.3, -0.25) is 4.79 Å². The third kappa shape index (κ3) is 5.82. The quantitative estimate of drug-likeness (QED) is 0.313. The van der Waals surface area contributed by atoms with Crippen molar-refractivity contribution in [1.29, 1.82) is 0 Å². The number of carbonyl (C=O) groups excluding carboxylic acids is 3. The zero-order chi connectivity index (χ0) is 24.9. The van der Waals surface area contributed by atoms with Gasteiger partial charge in [0.1, 0.15) is 0 Å². The number of nitrogens with zero attached hydrogens (tertiary/aromatic N) is 1. The van der Waals surface area contributed by atoms with E-state index in [-0.39, 0.29) is 43.5 Å². The molecule has 2 aliphatic carbocycles. The summed E-state index contributed by atoms with van der Waals surface area (Å²) < 4.78 is 15.8. The molecule has 0 saturated heterocycles. The maximum atomic E-state index is 13.6. The number of ether oxygens (including phenoxy) is 3. The number of allylic oxidation sites excluding steroid dienone is 3. The van der Waals surface area contributed by atoms with E-state index in [0.29, 0.717) is 17.6 Å². The highest BCUT2D eigenvalue weighted by Gasteiger charge is 2.44. The SMILES string of the molecule is CCOC(=O)/C1=C(\C2CC2)C2=C(CC(C)(CC)CC2=O)N(C)C#CC1COCCNC(=O)OC. The summed E-state index contributed by atoms with van der Waals surface area (Å²) in [4.78, 5) is 39.9. The van der Waals surface area contributed by atoms with Gasteiger partial charge in [0.15, 0.2) is 5.78 Å². The van der Waals surface area contributed by atoms with Gasteiger partial charge in [0.05, 0.1) is 38.4 Å². The Kier molecular flexibility index (Phi) is 8.42. The summed E-state index contributed by atoms with van der Waals surface area (Å²) in [6.07, 6.45) is 3.41. The zero-order valence-electron chi connectivity index (χ0n) is 20.9. The normalized spacial score (nSPS) is 26.7. The molecular weight excluding hydrogens is 436 g/mol. The van der Waals surface area contributed by atoms with E-state index in [4.69, 9.17) is 9.47 Å². The number of hydrogen-bond donors (Lipinski definition) is 1. The number of nitrogens with one attached hydrogen (secondary N) is 1. The van der Waals surface area contributed by atoms with E-state index in [2.05, 4.69) is 35.9 Å². The molecule has 0 aromatic heterocycles. The highest BCUT2D eigenvalue weighted by molar-refractivity contribution is 6.05. The highest BCUT2D eigenvalue weighted by Crippen LogP contribution is 2.50. The van der Waals surface area contributed by atoms with Crippen LogP contribution < -0.4 is 5.32 Å². The van der Waals surface area contributed by atoms with Crippen molar-refractivity contribution in [3.8, 4) is 12.0 Å². The molecule has 0 aromatic rings. The Hall–Kier alpha value is -2.79. The van der Waals surface area contributed by atoms with Crippen LogP contribution in [0.15, 0.2) is 22.4 Å². The first kappa shape index (κ1) is 25.8. The molecule has 8 nitrogen and oxygen atoms in total. The molecule has 1 saturated carbocycles. The van der Waals surface area contributed by atoms with Crippen LogP contribution in [0.1, 0.15) is 52.9 Å². The largest absolute Gasteiger partial charge is 0.463 e. The molecule has 0 bridgehead atoms. The topological polar surface area (TPSA) is 94.2 Å². The number of rotatable bonds is 9. The first-order valence-electron chi connectivity index (χ1n) is 12.1.